The van der Waals surface area contributed by atoms with Gasteiger partial charge in [0.05, 0.1) is 6.10 Å². The summed E-state index contributed by atoms with van der Waals surface area (Å²) in [5.74, 6) is 0.830. The summed E-state index contributed by atoms with van der Waals surface area (Å²) in [5, 5.41) is 3.55. The smallest absolute Gasteiger partial charge is 0.0575 e. The summed E-state index contributed by atoms with van der Waals surface area (Å²) in [6.07, 6.45) is 9.64. The van der Waals surface area contributed by atoms with Gasteiger partial charge in [0.1, 0.15) is 0 Å². The van der Waals surface area contributed by atoms with E-state index >= 15 is 0 Å². The van der Waals surface area contributed by atoms with E-state index in [1.165, 1.54) is 51.5 Å². The highest BCUT2D eigenvalue weighted by molar-refractivity contribution is 4.64. The number of hydrogen-bond donors (Lipinski definition) is 1. The quantitative estimate of drug-likeness (QED) is 0.642. The van der Waals surface area contributed by atoms with Gasteiger partial charge >= 0.3 is 0 Å². The molecule has 1 rings (SSSR count). The minimum absolute atomic E-state index is 0.559. The Morgan fingerprint density at radius 2 is 2.25 bits per heavy atom. The van der Waals surface area contributed by atoms with Crippen molar-refractivity contribution >= 4 is 0 Å². The number of rotatable bonds is 8. The second kappa shape index (κ2) is 9.00. The topological polar surface area (TPSA) is 21.3 Å². The van der Waals surface area contributed by atoms with Crippen LogP contribution in [-0.2, 0) is 4.74 Å². The van der Waals surface area contributed by atoms with E-state index in [9.17, 15) is 0 Å². The summed E-state index contributed by atoms with van der Waals surface area (Å²) >= 11 is 0. The summed E-state index contributed by atoms with van der Waals surface area (Å²) in [7, 11) is 0. The van der Waals surface area contributed by atoms with Crippen molar-refractivity contribution < 1.29 is 4.74 Å². The van der Waals surface area contributed by atoms with Crippen LogP contribution >= 0.6 is 0 Å². The summed E-state index contributed by atoms with van der Waals surface area (Å²) in [4.78, 5) is 0. The lowest BCUT2D eigenvalue weighted by molar-refractivity contribution is 0.0102. The van der Waals surface area contributed by atoms with Gasteiger partial charge in [0.2, 0.25) is 0 Å². The first-order valence-electron chi connectivity index (χ1n) is 7.15. The maximum absolute atomic E-state index is 5.72. The first-order chi connectivity index (χ1) is 7.83. The van der Waals surface area contributed by atoms with E-state index < -0.39 is 0 Å². The van der Waals surface area contributed by atoms with Gasteiger partial charge in [-0.15, -0.1) is 0 Å². The average molecular weight is 227 g/mol. The van der Waals surface area contributed by atoms with Gasteiger partial charge in [0.25, 0.3) is 0 Å². The highest BCUT2D eigenvalue weighted by Gasteiger charge is 2.12. The molecule has 0 spiro atoms. The second-order valence-electron chi connectivity index (χ2n) is 5.23. The van der Waals surface area contributed by atoms with E-state index in [2.05, 4.69) is 19.2 Å². The molecule has 2 unspecified atom stereocenters. The molecule has 0 bridgehead atoms. The first-order valence-corrected chi connectivity index (χ1v) is 7.15. The molecular formula is C14H29NO. The van der Waals surface area contributed by atoms with Crippen LogP contribution in [0.5, 0.6) is 0 Å². The van der Waals surface area contributed by atoms with Gasteiger partial charge in [-0.1, -0.05) is 20.3 Å². The van der Waals surface area contributed by atoms with Crippen LogP contribution in [0.4, 0.5) is 0 Å². The zero-order valence-electron chi connectivity index (χ0n) is 11.1. The van der Waals surface area contributed by atoms with Gasteiger partial charge in [-0.05, 0) is 57.5 Å². The molecule has 2 heteroatoms. The van der Waals surface area contributed by atoms with E-state index in [-0.39, 0.29) is 0 Å². The lowest BCUT2D eigenvalue weighted by Crippen LogP contribution is -2.24. The predicted octanol–water partition coefficient (Wildman–Crippen LogP) is 3.36. The number of hydrogen-bond acceptors (Lipinski definition) is 2. The molecular weight excluding hydrogens is 198 g/mol. The van der Waals surface area contributed by atoms with Crippen LogP contribution < -0.4 is 5.32 Å². The lowest BCUT2D eigenvalue weighted by atomic mass is 10.0. The average Bonchev–Trinajstić information content (AvgIpc) is 2.30. The molecule has 0 aromatic rings. The van der Waals surface area contributed by atoms with E-state index in [4.69, 9.17) is 4.74 Å². The normalized spacial score (nSPS) is 23.2. The van der Waals surface area contributed by atoms with Crippen LogP contribution in [0.2, 0.25) is 0 Å². The Morgan fingerprint density at radius 3 is 2.94 bits per heavy atom. The van der Waals surface area contributed by atoms with Gasteiger partial charge < -0.3 is 10.1 Å². The van der Waals surface area contributed by atoms with Gasteiger partial charge in [-0.3, -0.25) is 0 Å². The maximum Gasteiger partial charge on any atom is 0.0575 e. The molecule has 1 fully saturated rings. The fraction of sp³-hybridized carbons (Fsp3) is 1.00. The van der Waals surface area contributed by atoms with Crippen molar-refractivity contribution in [3.63, 3.8) is 0 Å². The molecule has 0 aromatic carbocycles. The zero-order valence-corrected chi connectivity index (χ0v) is 11.1. The third kappa shape index (κ3) is 6.49. The summed E-state index contributed by atoms with van der Waals surface area (Å²) in [6.45, 7) is 7.93. The van der Waals surface area contributed by atoms with Gasteiger partial charge in [-0.2, -0.15) is 0 Å². The molecule has 1 N–H and O–H groups in total. The predicted molar refractivity (Wildman–Crippen MR) is 69.8 cm³/mol. The van der Waals surface area contributed by atoms with Crippen molar-refractivity contribution in [1.82, 2.24) is 5.32 Å². The third-order valence-corrected chi connectivity index (χ3v) is 3.43. The zero-order chi connectivity index (χ0) is 11.6. The monoisotopic (exact) mass is 227 g/mol. The molecule has 2 atom stereocenters. The molecule has 0 saturated carbocycles. The van der Waals surface area contributed by atoms with Crippen LogP contribution in [0.15, 0.2) is 0 Å². The molecule has 0 aromatic heterocycles. The third-order valence-electron chi connectivity index (χ3n) is 3.43. The number of nitrogens with one attached hydrogen (secondary N) is 1. The lowest BCUT2D eigenvalue weighted by Gasteiger charge is -2.22. The van der Waals surface area contributed by atoms with E-state index in [0.29, 0.717) is 6.10 Å². The molecule has 2 nitrogen and oxygen atoms in total. The summed E-state index contributed by atoms with van der Waals surface area (Å²) < 4.78 is 5.72. The van der Waals surface area contributed by atoms with E-state index in [1.54, 1.807) is 0 Å². The molecule has 96 valence electrons. The Balaban J connectivity index is 1.87. The highest BCUT2D eigenvalue weighted by Crippen LogP contribution is 2.16. The molecule has 16 heavy (non-hydrogen) atoms. The van der Waals surface area contributed by atoms with Crippen molar-refractivity contribution in [3.05, 3.63) is 0 Å². The summed E-state index contributed by atoms with van der Waals surface area (Å²) in [6, 6.07) is 0. The number of ether oxygens (including phenoxy) is 1. The van der Waals surface area contributed by atoms with Crippen molar-refractivity contribution in [1.29, 1.82) is 0 Å². The Kier molecular flexibility index (Phi) is 7.87. The second-order valence-corrected chi connectivity index (χ2v) is 5.23. The van der Waals surface area contributed by atoms with E-state index in [1.807, 2.05) is 0 Å². The minimum Gasteiger partial charge on any atom is -0.378 e. The summed E-state index contributed by atoms with van der Waals surface area (Å²) in [5.41, 5.74) is 0. The Bertz CT molecular complexity index is 155. The van der Waals surface area contributed by atoms with Crippen LogP contribution in [0.25, 0.3) is 0 Å². The Morgan fingerprint density at radius 1 is 1.38 bits per heavy atom. The van der Waals surface area contributed by atoms with Crippen LogP contribution in [-0.4, -0.2) is 25.8 Å². The fourth-order valence-electron chi connectivity index (χ4n) is 2.43. The van der Waals surface area contributed by atoms with E-state index in [0.717, 1.165) is 19.1 Å². The van der Waals surface area contributed by atoms with Crippen molar-refractivity contribution in [2.45, 2.75) is 64.9 Å². The van der Waals surface area contributed by atoms with Gasteiger partial charge in [0, 0.05) is 6.61 Å². The SMILES string of the molecule is CCCC(C)CNCCCC1CCCCO1. The molecule has 1 aliphatic heterocycles. The fourth-order valence-corrected chi connectivity index (χ4v) is 2.43. The maximum atomic E-state index is 5.72. The van der Waals surface area contributed by atoms with Crippen LogP contribution in [0, 0.1) is 5.92 Å². The highest BCUT2D eigenvalue weighted by atomic mass is 16.5. The van der Waals surface area contributed by atoms with Crippen molar-refractivity contribution in [2.75, 3.05) is 19.7 Å². The Labute approximate surface area is 101 Å². The minimum atomic E-state index is 0.559. The standard InChI is InChI=1S/C14H29NO/c1-3-7-13(2)12-15-10-6-9-14-8-4-5-11-16-14/h13-15H,3-12H2,1-2H3. The van der Waals surface area contributed by atoms with Crippen LogP contribution in [0.3, 0.4) is 0 Å². The molecule has 0 radical (unpaired) electrons. The van der Waals surface area contributed by atoms with Crippen LogP contribution in [0.1, 0.15) is 58.8 Å². The first kappa shape index (κ1) is 14.0. The molecule has 1 aliphatic rings. The molecule has 1 heterocycles. The Hall–Kier alpha value is -0.0800. The molecule has 1 saturated heterocycles. The molecule has 0 amide bonds. The van der Waals surface area contributed by atoms with Gasteiger partial charge in [0.15, 0.2) is 0 Å². The van der Waals surface area contributed by atoms with Gasteiger partial charge in [-0.25, -0.2) is 0 Å². The largest absolute Gasteiger partial charge is 0.378 e. The molecule has 0 aliphatic carbocycles. The van der Waals surface area contributed by atoms with Crippen molar-refractivity contribution in [3.8, 4) is 0 Å². The van der Waals surface area contributed by atoms with Crippen molar-refractivity contribution in [2.24, 2.45) is 5.92 Å².